The molecule has 1 N–H and O–H groups in total. The minimum atomic E-state index is -1.00. The first-order chi connectivity index (χ1) is 9.15. The molecule has 0 atom stereocenters. The van der Waals surface area contributed by atoms with Crippen LogP contribution in [0.15, 0.2) is 18.2 Å². The Labute approximate surface area is 143 Å². The summed E-state index contributed by atoms with van der Waals surface area (Å²) >= 11 is 0. The van der Waals surface area contributed by atoms with Crippen molar-refractivity contribution in [3.63, 3.8) is 0 Å². The SMILES string of the molecule is CCCCCCCCCc1ccc([O-])cc1C(=O)O.[Na+]. The van der Waals surface area contributed by atoms with E-state index in [0.29, 0.717) is 0 Å². The zero-order chi connectivity index (χ0) is 14.1. The molecule has 0 heterocycles. The normalized spacial score (nSPS) is 10.1. The number of aromatic carboxylic acids is 1. The van der Waals surface area contributed by atoms with E-state index in [4.69, 9.17) is 5.11 Å². The van der Waals surface area contributed by atoms with E-state index in [1.807, 2.05) is 0 Å². The molecule has 0 aliphatic rings. The fourth-order valence-corrected chi connectivity index (χ4v) is 2.25. The van der Waals surface area contributed by atoms with Crippen molar-refractivity contribution in [3.8, 4) is 5.75 Å². The van der Waals surface area contributed by atoms with Crippen LogP contribution in [0.3, 0.4) is 0 Å². The number of rotatable bonds is 9. The van der Waals surface area contributed by atoms with Crippen molar-refractivity contribution >= 4 is 5.97 Å². The largest absolute Gasteiger partial charge is 1.00 e. The number of benzene rings is 1. The molecule has 1 rings (SSSR count). The summed E-state index contributed by atoms with van der Waals surface area (Å²) in [7, 11) is 0. The maximum absolute atomic E-state index is 11.2. The summed E-state index contributed by atoms with van der Waals surface area (Å²) < 4.78 is 0. The molecule has 106 valence electrons. The number of carbonyl (C=O) groups is 1. The second-order valence-electron chi connectivity index (χ2n) is 5.00. The quantitative estimate of drug-likeness (QED) is 0.538. The molecule has 0 aliphatic heterocycles. The third-order valence-corrected chi connectivity index (χ3v) is 3.36. The topological polar surface area (TPSA) is 60.4 Å². The Morgan fingerprint density at radius 1 is 1.10 bits per heavy atom. The monoisotopic (exact) mass is 286 g/mol. The van der Waals surface area contributed by atoms with Gasteiger partial charge < -0.3 is 10.2 Å². The summed E-state index contributed by atoms with van der Waals surface area (Å²) in [5.74, 6) is -1.24. The Kier molecular flexibility index (Phi) is 10.9. The number of hydrogen-bond donors (Lipinski definition) is 1. The van der Waals surface area contributed by atoms with E-state index in [1.165, 1.54) is 44.2 Å². The van der Waals surface area contributed by atoms with Crippen LogP contribution in [0.1, 0.15) is 67.8 Å². The van der Waals surface area contributed by atoms with E-state index in [2.05, 4.69) is 6.92 Å². The molecule has 0 saturated heterocycles. The second-order valence-corrected chi connectivity index (χ2v) is 5.00. The van der Waals surface area contributed by atoms with Gasteiger partial charge in [0.25, 0.3) is 0 Å². The van der Waals surface area contributed by atoms with E-state index < -0.39 is 5.97 Å². The summed E-state index contributed by atoms with van der Waals surface area (Å²) in [5, 5.41) is 20.2. The average molecular weight is 286 g/mol. The molecule has 20 heavy (non-hydrogen) atoms. The van der Waals surface area contributed by atoms with E-state index in [9.17, 15) is 9.90 Å². The van der Waals surface area contributed by atoms with Gasteiger partial charge in [-0.1, -0.05) is 63.6 Å². The molecule has 0 spiro atoms. The first kappa shape index (κ1) is 19.5. The zero-order valence-corrected chi connectivity index (χ0v) is 14.7. The smallest absolute Gasteiger partial charge is 0.872 e. The predicted octanol–water partition coefficient (Wildman–Crippen LogP) is 0.755. The molecule has 0 aromatic heterocycles. The van der Waals surface area contributed by atoms with Crippen LogP contribution >= 0.6 is 0 Å². The molecule has 0 unspecified atom stereocenters. The van der Waals surface area contributed by atoms with Crippen LogP contribution in [0.25, 0.3) is 0 Å². The Morgan fingerprint density at radius 3 is 2.30 bits per heavy atom. The first-order valence-corrected chi connectivity index (χ1v) is 7.18. The summed E-state index contributed by atoms with van der Waals surface area (Å²) in [5.41, 5.74) is 0.944. The van der Waals surface area contributed by atoms with Gasteiger partial charge in [0.2, 0.25) is 0 Å². The second kappa shape index (κ2) is 11.2. The van der Waals surface area contributed by atoms with Crippen LogP contribution in [0.5, 0.6) is 5.75 Å². The Bertz CT molecular complexity index is 405. The summed E-state index contributed by atoms with van der Waals surface area (Å²) in [4.78, 5) is 11.0. The minimum absolute atomic E-state index is 0. The van der Waals surface area contributed by atoms with E-state index in [1.54, 1.807) is 6.07 Å². The van der Waals surface area contributed by atoms with Crippen molar-refractivity contribution in [2.24, 2.45) is 0 Å². The van der Waals surface area contributed by atoms with Gasteiger partial charge in [0.1, 0.15) is 0 Å². The van der Waals surface area contributed by atoms with Crippen molar-refractivity contribution in [2.75, 3.05) is 0 Å². The van der Waals surface area contributed by atoms with Crippen molar-refractivity contribution in [1.82, 2.24) is 0 Å². The number of carboxylic acid groups (broad SMARTS) is 1. The van der Waals surface area contributed by atoms with Crippen molar-refractivity contribution < 1.29 is 44.6 Å². The Balaban J connectivity index is 0.00000361. The molecule has 0 fully saturated rings. The van der Waals surface area contributed by atoms with Crippen LogP contribution in [0, 0.1) is 0 Å². The van der Waals surface area contributed by atoms with Gasteiger partial charge in [-0.3, -0.25) is 0 Å². The van der Waals surface area contributed by atoms with Crippen LogP contribution in [0.4, 0.5) is 0 Å². The van der Waals surface area contributed by atoms with Crippen molar-refractivity contribution in [3.05, 3.63) is 29.3 Å². The molecule has 1 aromatic rings. The van der Waals surface area contributed by atoms with Crippen LogP contribution in [-0.4, -0.2) is 11.1 Å². The predicted molar refractivity (Wildman–Crippen MR) is 74.5 cm³/mol. The van der Waals surface area contributed by atoms with E-state index >= 15 is 0 Å². The Hall–Kier alpha value is -0.510. The van der Waals surface area contributed by atoms with Crippen LogP contribution in [-0.2, 0) is 6.42 Å². The summed E-state index contributed by atoms with van der Waals surface area (Å²) in [6, 6.07) is 4.32. The van der Waals surface area contributed by atoms with Gasteiger partial charge in [0.15, 0.2) is 0 Å². The van der Waals surface area contributed by atoms with Crippen molar-refractivity contribution in [2.45, 2.75) is 58.3 Å². The number of carboxylic acids is 1. The van der Waals surface area contributed by atoms with Gasteiger partial charge in [-0.15, -0.1) is 5.75 Å². The third-order valence-electron chi connectivity index (χ3n) is 3.36. The fourth-order valence-electron chi connectivity index (χ4n) is 2.25. The third kappa shape index (κ3) is 7.32. The molecule has 4 heteroatoms. The van der Waals surface area contributed by atoms with Crippen molar-refractivity contribution in [1.29, 1.82) is 0 Å². The molecular formula is C16H23NaO3. The summed E-state index contributed by atoms with van der Waals surface area (Å²) in [6.07, 6.45) is 9.18. The van der Waals surface area contributed by atoms with Gasteiger partial charge in [0, 0.05) is 0 Å². The zero-order valence-electron chi connectivity index (χ0n) is 12.7. The maximum Gasteiger partial charge on any atom is 1.00 e. The van der Waals surface area contributed by atoms with Crippen LogP contribution < -0.4 is 34.7 Å². The van der Waals surface area contributed by atoms with Gasteiger partial charge in [-0.2, -0.15) is 0 Å². The average Bonchev–Trinajstić information content (AvgIpc) is 2.39. The number of aryl methyl sites for hydroxylation is 1. The van der Waals surface area contributed by atoms with Gasteiger partial charge >= 0.3 is 35.5 Å². The number of unbranched alkanes of at least 4 members (excludes halogenated alkanes) is 6. The fraction of sp³-hybridized carbons (Fsp3) is 0.562. The number of hydrogen-bond acceptors (Lipinski definition) is 2. The van der Waals surface area contributed by atoms with Gasteiger partial charge in [-0.25, -0.2) is 4.79 Å². The molecule has 0 amide bonds. The molecule has 0 radical (unpaired) electrons. The Morgan fingerprint density at radius 2 is 1.70 bits per heavy atom. The first-order valence-electron chi connectivity index (χ1n) is 7.18. The molecule has 0 saturated carbocycles. The van der Waals surface area contributed by atoms with E-state index in [-0.39, 0.29) is 40.9 Å². The minimum Gasteiger partial charge on any atom is -0.872 e. The van der Waals surface area contributed by atoms with E-state index in [0.717, 1.165) is 24.8 Å². The van der Waals surface area contributed by atoms with Gasteiger partial charge in [0.05, 0.1) is 5.56 Å². The molecule has 3 nitrogen and oxygen atoms in total. The molecule has 0 bridgehead atoms. The molecular weight excluding hydrogens is 263 g/mol. The maximum atomic E-state index is 11.2. The standard InChI is InChI=1S/C16H24O3.Na/c1-2-3-4-5-6-7-8-9-13-10-11-14(17)12-15(13)16(18)19;/h10-12,17H,2-9H2,1H3,(H,18,19);/q;+1/p-1. The van der Waals surface area contributed by atoms with Crippen LogP contribution in [0.2, 0.25) is 0 Å². The summed E-state index contributed by atoms with van der Waals surface area (Å²) in [6.45, 7) is 2.20. The van der Waals surface area contributed by atoms with Gasteiger partial charge in [-0.05, 0) is 18.4 Å². The molecule has 0 aliphatic carbocycles. The molecule has 1 aromatic carbocycles.